The quantitative estimate of drug-likeness (QED) is 0.610. The van der Waals surface area contributed by atoms with Crippen molar-refractivity contribution in [1.82, 2.24) is 5.32 Å². The second-order valence-electron chi connectivity index (χ2n) is 5.42. The van der Waals surface area contributed by atoms with E-state index in [9.17, 15) is 9.59 Å². The molecule has 0 fully saturated rings. The van der Waals surface area contributed by atoms with Crippen LogP contribution in [0.4, 0.5) is 0 Å². The second-order valence-corrected chi connectivity index (χ2v) is 5.42. The first-order chi connectivity index (χ1) is 8.27. The van der Waals surface area contributed by atoms with E-state index in [0.29, 0.717) is 18.9 Å². The topological polar surface area (TPSA) is 92.4 Å². The van der Waals surface area contributed by atoms with Crippen molar-refractivity contribution in [2.45, 2.75) is 46.6 Å². The molecule has 106 valence electrons. The van der Waals surface area contributed by atoms with Crippen molar-refractivity contribution < 1.29 is 14.7 Å². The minimum absolute atomic E-state index is 0.119. The summed E-state index contributed by atoms with van der Waals surface area (Å²) in [6.07, 6.45) is 1.28. The van der Waals surface area contributed by atoms with Gasteiger partial charge in [0.2, 0.25) is 5.91 Å². The molecule has 1 amide bonds. The third kappa shape index (κ3) is 6.59. The standard InChI is InChI=1S/C13H26N2O3/c1-8(2)5-11(7-14)6-12(16)15-10(4)9(3)13(17)18/h8-11H,5-7,14H2,1-4H3,(H,15,16)(H,17,18)/t9?,10?,11-/m0/s1. The fourth-order valence-electron chi connectivity index (χ4n) is 1.84. The average molecular weight is 258 g/mol. The van der Waals surface area contributed by atoms with Crippen molar-refractivity contribution in [2.24, 2.45) is 23.5 Å². The van der Waals surface area contributed by atoms with Crippen LogP contribution in [0.1, 0.15) is 40.5 Å². The second kappa shape index (κ2) is 8.08. The molecule has 0 saturated heterocycles. The molecule has 0 bridgehead atoms. The van der Waals surface area contributed by atoms with E-state index in [1.807, 2.05) is 0 Å². The first-order valence-corrected chi connectivity index (χ1v) is 6.50. The van der Waals surface area contributed by atoms with Crippen LogP contribution in [0.15, 0.2) is 0 Å². The minimum atomic E-state index is -0.902. The van der Waals surface area contributed by atoms with E-state index < -0.39 is 11.9 Å². The van der Waals surface area contributed by atoms with Gasteiger partial charge in [0, 0.05) is 12.5 Å². The van der Waals surface area contributed by atoms with Gasteiger partial charge in [0.25, 0.3) is 0 Å². The van der Waals surface area contributed by atoms with Crippen LogP contribution in [0.2, 0.25) is 0 Å². The van der Waals surface area contributed by atoms with Crippen molar-refractivity contribution in [2.75, 3.05) is 6.54 Å². The highest BCUT2D eigenvalue weighted by Gasteiger charge is 2.22. The number of carbonyl (C=O) groups excluding carboxylic acids is 1. The summed E-state index contributed by atoms with van der Waals surface area (Å²) in [5, 5.41) is 11.6. The Labute approximate surface area is 109 Å². The number of carboxylic acids is 1. The molecule has 0 aromatic rings. The zero-order valence-corrected chi connectivity index (χ0v) is 11.8. The van der Waals surface area contributed by atoms with E-state index in [1.165, 1.54) is 0 Å². The Morgan fingerprint density at radius 2 is 1.78 bits per heavy atom. The summed E-state index contributed by atoms with van der Waals surface area (Å²) < 4.78 is 0. The number of nitrogens with two attached hydrogens (primary N) is 1. The molecule has 5 heteroatoms. The molecule has 0 spiro atoms. The summed E-state index contributed by atoms with van der Waals surface area (Å²) in [5.74, 6) is -0.943. The number of carboxylic acid groups (broad SMARTS) is 1. The maximum Gasteiger partial charge on any atom is 0.308 e. The van der Waals surface area contributed by atoms with E-state index >= 15 is 0 Å². The SMILES string of the molecule is CC(C)C[C@H](CN)CC(=O)NC(C)C(C)C(=O)O. The number of hydrogen-bond acceptors (Lipinski definition) is 3. The van der Waals surface area contributed by atoms with E-state index in [4.69, 9.17) is 10.8 Å². The molecule has 0 aliphatic heterocycles. The zero-order chi connectivity index (χ0) is 14.3. The van der Waals surface area contributed by atoms with E-state index in [0.717, 1.165) is 6.42 Å². The number of amides is 1. The largest absolute Gasteiger partial charge is 0.481 e. The van der Waals surface area contributed by atoms with Crippen molar-refractivity contribution in [3.05, 3.63) is 0 Å². The van der Waals surface area contributed by atoms with Gasteiger partial charge in [0.1, 0.15) is 0 Å². The molecule has 5 nitrogen and oxygen atoms in total. The molecule has 0 saturated carbocycles. The fourth-order valence-corrected chi connectivity index (χ4v) is 1.84. The monoisotopic (exact) mass is 258 g/mol. The summed E-state index contributed by atoms with van der Waals surface area (Å²) in [5.41, 5.74) is 5.63. The van der Waals surface area contributed by atoms with Gasteiger partial charge in [-0.3, -0.25) is 9.59 Å². The lowest BCUT2D eigenvalue weighted by Gasteiger charge is -2.21. The Morgan fingerprint density at radius 3 is 2.17 bits per heavy atom. The third-order valence-electron chi connectivity index (χ3n) is 3.14. The van der Waals surface area contributed by atoms with Gasteiger partial charge in [-0.2, -0.15) is 0 Å². The van der Waals surface area contributed by atoms with Crippen LogP contribution in [0.25, 0.3) is 0 Å². The number of carbonyl (C=O) groups is 2. The van der Waals surface area contributed by atoms with E-state index in [1.54, 1.807) is 13.8 Å². The van der Waals surface area contributed by atoms with Crippen molar-refractivity contribution in [3.63, 3.8) is 0 Å². The first-order valence-electron chi connectivity index (χ1n) is 6.50. The van der Waals surface area contributed by atoms with Gasteiger partial charge in [-0.05, 0) is 38.6 Å². The van der Waals surface area contributed by atoms with Gasteiger partial charge < -0.3 is 16.2 Å². The maximum absolute atomic E-state index is 11.8. The van der Waals surface area contributed by atoms with Crippen LogP contribution in [0.3, 0.4) is 0 Å². The van der Waals surface area contributed by atoms with E-state index in [-0.39, 0.29) is 17.9 Å². The number of hydrogen-bond donors (Lipinski definition) is 3. The van der Waals surface area contributed by atoms with Gasteiger partial charge in [0.15, 0.2) is 0 Å². The number of nitrogens with one attached hydrogen (secondary N) is 1. The fraction of sp³-hybridized carbons (Fsp3) is 0.846. The van der Waals surface area contributed by atoms with Crippen LogP contribution in [-0.2, 0) is 9.59 Å². The molecule has 18 heavy (non-hydrogen) atoms. The molecule has 0 heterocycles. The number of rotatable bonds is 8. The molecule has 4 N–H and O–H groups in total. The third-order valence-corrected chi connectivity index (χ3v) is 3.14. The molecule has 0 aliphatic rings. The summed E-state index contributed by atoms with van der Waals surface area (Å²) in [4.78, 5) is 22.5. The molecule has 3 atom stereocenters. The van der Waals surface area contributed by atoms with Crippen LogP contribution < -0.4 is 11.1 Å². The summed E-state index contributed by atoms with van der Waals surface area (Å²) >= 11 is 0. The summed E-state index contributed by atoms with van der Waals surface area (Å²) in [6.45, 7) is 7.96. The molecule has 2 unspecified atom stereocenters. The summed E-state index contributed by atoms with van der Waals surface area (Å²) in [7, 11) is 0. The highest BCUT2D eigenvalue weighted by molar-refractivity contribution is 5.78. The van der Waals surface area contributed by atoms with Crippen LogP contribution in [0, 0.1) is 17.8 Å². The lowest BCUT2D eigenvalue weighted by atomic mass is 9.93. The smallest absolute Gasteiger partial charge is 0.308 e. The Balaban J connectivity index is 4.20. The zero-order valence-electron chi connectivity index (χ0n) is 11.8. The van der Waals surface area contributed by atoms with Crippen LogP contribution >= 0.6 is 0 Å². The minimum Gasteiger partial charge on any atom is -0.481 e. The first kappa shape index (κ1) is 16.9. The van der Waals surface area contributed by atoms with Gasteiger partial charge in [0.05, 0.1) is 5.92 Å². The Kier molecular flexibility index (Phi) is 7.59. The normalized spacial score (nSPS) is 16.1. The molecule has 0 rings (SSSR count). The van der Waals surface area contributed by atoms with Crippen molar-refractivity contribution >= 4 is 11.9 Å². The highest BCUT2D eigenvalue weighted by Crippen LogP contribution is 2.14. The Morgan fingerprint density at radius 1 is 1.22 bits per heavy atom. The lowest BCUT2D eigenvalue weighted by molar-refractivity contribution is -0.142. The van der Waals surface area contributed by atoms with Crippen LogP contribution in [-0.4, -0.2) is 29.6 Å². The average Bonchev–Trinajstić information content (AvgIpc) is 2.25. The lowest BCUT2D eigenvalue weighted by Crippen LogP contribution is -2.41. The molecule has 0 aliphatic carbocycles. The Bertz CT molecular complexity index is 279. The van der Waals surface area contributed by atoms with Crippen molar-refractivity contribution in [3.8, 4) is 0 Å². The predicted octanol–water partition coefficient (Wildman–Crippen LogP) is 1.22. The number of aliphatic carboxylic acids is 1. The maximum atomic E-state index is 11.8. The molecule has 0 aromatic heterocycles. The van der Waals surface area contributed by atoms with Gasteiger partial charge in [-0.15, -0.1) is 0 Å². The van der Waals surface area contributed by atoms with Crippen molar-refractivity contribution in [1.29, 1.82) is 0 Å². The molecule has 0 radical (unpaired) electrons. The molecular weight excluding hydrogens is 232 g/mol. The van der Waals surface area contributed by atoms with Gasteiger partial charge >= 0.3 is 5.97 Å². The van der Waals surface area contributed by atoms with Crippen LogP contribution in [0.5, 0.6) is 0 Å². The Hall–Kier alpha value is -1.10. The summed E-state index contributed by atoms with van der Waals surface area (Å²) in [6, 6.07) is -0.368. The predicted molar refractivity (Wildman–Crippen MR) is 71.0 cm³/mol. The van der Waals surface area contributed by atoms with E-state index in [2.05, 4.69) is 19.2 Å². The molecular formula is C13H26N2O3. The molecule has 0 aromatic carbocycles. The van der Waals surface area contributed by atoms with Gasteiger partial charge in [-0.25, -0.2) is 0 Å². The van der Waals surface area contributed by atoms with Gasteiger partial charge in [-0.1, -0.05) is 13.8 Å². The highest BCUT2D eigenvalue weighted by atomic mass is 16.4.